The molecule has 0 bridgehead atoms. The molecule has 1 rings (SSSR count). The molecule has 92 valence electrons. The van der Waals surface area contributed by atoms with Crippen LogP contribution in [0.4, 0.5) is 0 Å². The van der Waals surface area contributed by atoms with Gasteiger partial charge >= 0.3 is 5.97 Å². The average Bonchev–Trinajstić information content (AvgIpc) is 2.21. The van der Waals surface area contributed by atoms with E-state index >= 15 is 0 Å². The molecule has 3 N–H and O–H groups in total. The lowest BCUT2D eigenvalue weighted by atomic mass is 9.98. The molecule has 0 spiro atoms. The fourth-order valence-corrected chi connectivity index (χ4v) is 1.75. The summed E-state index contributed by atoms with van der Waals surface area (Å²) in [5, 5.41) is 14.7. The molecule has 0 radical (unpaired) electrons. The number of nitrogens with one attached hydrogen (secondary N) is 2. The predicted octanol–water partition coefficient (Wildman–Crippen LogP) is -0.656. The Morgan fingerprint density at radius 3 is 2.94 bits per heavy atom. The molecule has 16 heavy (non-hydrogen) atoms. The molecule has 1 saturated heterocycles. The van der Waals surface area contributed by atoms with Gasteiger partial charge in [-0.25, -0.2) is 0 Å². The van der Waals surface area contributed by atoms with Crippen LogP contribution in [0.3, 0.4) is 0 Å². The number of hydrogen-bond donors (Lipinski definition) is 3. The Hall–Kier alpha value is -1.14. The second-order valence-corrected chi connectivity index (χ2v) is 4.20. The first-order valence-corrected chi connectivity index (χ1v) is 5.27. The fourth-order valence-electron chi connectivity index (χ4n) is 1.75. The topological polar surface area (TPSA) is 87.7 Å². The Labute approximate surface area is 94.3 Å². The molecule has 1 heterocycles. The van der Waals surface area contributed by atoms with Crippen LogP contribution in [-0.4, -0.2) is 48.8 Å². The maximum absolute atomic E-state index is 11.5. The van der Waals surface area contributed by atoms with Crippen LogP contribution in [-0.2, 0) is 14.3 Å². The van der Waals surface area contributed by atoms with Crippen molar-refractivity contribution in [1.29, 1.82) is 0 Å². The van der Waals surface area contributed by atoms with E-state index in [1.54, 1.807) is 0 Å². The van der Waals surface area contributed by atoms with Gasteiger partial charge in [0.1, 0.15) is 5.54 Å². The first-order valence-electron chi connectivity index (χ1n) is 5.27. The quantitative estimate of drug-likeness (QED) is 0.584. The van der Waals surface area contributed by atoms with Crippen LogP contribution >= 0.6 is 0 Å². The van der Waals surface area contributed by atoms with E-state index in [4.69, 9.17) is 9.84 Å². The van der Waals surface area contributed by atoms with Crippen LogP contribution in [0.25, 0.3) is 0 Å². The van der Waals surface area contributed by atoms with Gasteiger partial charge < -0.3 is 15.2 Å². The van der Waals surface area contributed by atoms with E-state index in [-0.39, 0.29) is 12.5 Å². The van der Waals surface area contributed by atoms with Crippen LogP contribution in [0.5, 0.6) is 0 Å². The Bertz CT molecular complexity index is 280. The van der Waals surface area contributed by atoms with Gasteiger partial charge in [0.2, 0.25) is 5.91 Å². The molecule has 6 nitrogen and oxygen atoms in total. The van der Waals surface area contributed by atoms with E-state index in [2.05, 4.69) is 10.6 Å². The van der Waals surface area contributed by atoms with E-state index in [9.17, 15) is 9.59 Å². The minimum atomic E-state index is -1.23. The third kappa shape index (κ3) is 2.93. The number of aliphatic carboxylic acids is 1. The van der Waals surface area contributed by atoms with Crippen LogP contribution in [0.15, 0.2) is 0 Å². The largest absolute Gasteiger partial charge is 0.480 e. The summed E-state index contributed by atoms with van der Waals surface area (Å²) in [7, 11) is 1.43. The summed E-state index contributed by atoms with van der Waals surface area (Å²) >= 11 is 0. The zero-order chi connectivity index (χ0) is 12.2. The molecule has 1 amide bonds. The second-order valence-electron chi connectivity index (χ2n) is 4.20. The van der Waals surface area contributed by atoms with Crippen molar-refractivity contribution in [1.82, 2.24) is 10.6 Å². The highest BCUT2D eigenvalue weighted by Gasteiger charge is 2.37. The van der Waals surface area contributed by atoms with Gasteiger partial charge in [0, 0.05) is 13.7 Å². The Morgan fingerprint density at radius 1 is 1.75 bits per heavy atom. The minimum Gasteiger partial charge on any atom is -0.480 e. The van der Waals surface area contributed by atoms with Gasteiger partial charge in [-0.15, -0.1) is 0 Å². The minimum absolute atomic E-state index is 0.0200. The maximum atomic E-state index is 11.5. The number of carboxylic acids is 1. The number of carbonyl (C=O) groups is 2. The molecule has 0 aliphatic carbocycles. The van der Waals surface area contributed by atoms with Gasteiger partial charge in [0.05, 0.1) is 12.6 Å². The summed E-state index contributed by atoms with van der Waals surface area (Å²) in [5.41, 5.74) is -1.23. The maximum Gasteiger partial charge on any atom is 0.326 e. The molecule has 6 heteroatoms. The lowest BCUT2D eigenvalue weighted by molar-refractivity contribution is -0.147. The number of hydrogen-bond acceptors (Lipinski definition) is 4. The molecule has 1 aliphatic rings. The summed E-state index contributed by atoms with van der Waals surface area (Å²) in [4.78, 5) is 22.6. The number of methoxy groups -OCH3 is 1. The van der Waals surface area contributed by atoms with Gasteiger partial charge in [-0.1, -0.05) is 0 Å². The lowest BCUT2D eigenvalue weighted by Crippen LogP contribution is -2.61. The number of ether oxygens (including phenoxy) is 1. The second kappa shape index (κ2) is 5.27. The SMILES string of the molecule is COCC(C)(NC1CCCNC1=O)C(=O)O. The number of amides is 1. The average molecular weight is 230 g/mol. The smallest absolute Gasteiger partial charge is 0.326 e. The summed E-state index contributed by atoms with van der Waals surface area (Å²) in [6.45, 7) is 2.19. The molecular weight excluding hydrogens is 212 g/mol. The highest BCUT2D eigenvalue weighted by atomic mass is 16.5. The normalized spacial score (nSPS) is 24.6. The molecular formula is C10H18N2O4. The Balaban J connectivity index is 2.67. The fraction of sp³-hybridized carbons (Fsp3) is 0.800. The molecule has 0 aromatic heterocycles. The molecule has 0 saturated carbocycles. The zero-order valence-corrected chi connectivity index (χ0v) is 9.58. The Morgan fingerprint density at radius 2 is 2.44 bits per heavy atom. The van der Waals surface area contributed by atoms with Gasteiger partial charge in [-0.2, -0.15) is 0 Å². The molecule has 2 atom stereocenters. The van der Waals surface area contributed by atoms with Crippen molar-refractivity contribution in [3.8, 4) is 0 Å². The molecule has 2 unspecified atom stereocenters. The summed E-state index contributed by atoms with van der Waals surface area (Å²) in [5.74, 6) is -1.16. The number of carboxylic acid groups (broad SMARTS) is 1. The zero-order valence-electron chi connectivity index (χ0n) is 9.58. The summed E-state index contributed by atoms with van der Waals surface area (Å²) in [6.07, 6.45) is 1.50. The van der Waals surface area contributed by atoms with E-state index < -0.39 is 17.6 Å². The molecule has 0 aromatic carbocycles. The van der Waals surface area contributed by atoms with Gasteiger partial charge in [-0.05, 0) is 19.8 Å². The first kappa shape index (κ1) is 12.9. The third-order valence-electron chi connectivity index (χ3n) is 2.68. The van der Waals surface area contributed by atoms with Crippen molar-refractivity contribution in [3.63, 3.8) is 0 Å². The Kier molecular flexibility index (Phi) is 4.26. The summed E-state index contributed by atoms with van der Waals surface area (Å²) < 4.78 is 4.87. The van der Waals surface area contributed by atoms with Gasteiger partial charge in [0.25, 0.3) is 0 Å². The van der Waals surface area contributed by atoms with E-state index in [0.717, 1.165) is 6.42 Å². The number of rotatable bonds is 5. The van der Waals surface area contributed by atoms with Crippen molar-refractivity contribution >= 4 is 11.9 Å². The van der Waals surface area contributed by atoms with Crippen LogP contribution < -0.4 is 10.6 Å². The van der Waals surface area contributed by atoms with E-state index in [1.807, 2.05) is 0 Å². The van der Waals surface area contributed by atoms with E-state index in [0.29, 0.717) is 13.0 Å². The number of piperidine rings is 1. The third-order valence-corrected chi connectivity index (χ3v) is 2.68. The lowest BCUT2D eigenvalue weighted by Gasteiger charge is -2.32. The molecule has 1 fully saturated rings. The van der Waals surface area contributed by atoms with Crippen molar-refractivity contribution in [2.24, 2.45) is 0 Å². The van der Waals surface area contributed by atoms with Crippen molar-refractivity contribution in [3.05, 3.63) is 0 Å². The highest BCUT2D eigenvalue weighted by molar-refractivity contribution is 5.85. The van der Waals surface area contributed by atoms with Crippen LogP contribution in [0, 0.1) is 0 Å². The van der Waals surface area contributed by atoms with E-state index in [1.165, 1.54) is 14.0 Å². The van der Waals surface area contributed by atoms with Crippen molar-refractivity contribution < 1.29 is 19.4 Å². The van der Waals surface area contributed by atoms with Crippen LogP contribution in [0.2, 0.25) is 0 Å². The predicted molar refractivity (Wildman–Crippen MR) is 57.1 cm³/mol. The first-order chi connectivity index (χ1) is 7.49. The van der Waals surface area contributed by atoms with Gasteiger partial charge in [0.15, 0.2) is 0 Å². The summed E-state index contributed by atoms with van der Waals surface area (Å²) in [6, 6.07) is -0.454. The molecule has 0 aromatic rings. The van der Waals surface area contributed by atoms with Crippen molar-refractivity contribution in [2.75, 3.05) is 20.3 Å². The standard InChI is InChI=1S/C10H18N2O4/c1-10(6-16-2,9(14)15)12-7-4-3-5-11-8(7)13/h7,12H,3-6H2,1-2H3,(H,11,13)(H,14,15). The van der Waals surface area contributed by atoms with Gasteiger partial charge in [-0.3, -0.25) is 14.9 Å². The van der Waals surface area contributed by atoms with Crippen LogP contribution in [0.1, 0.15) is 19.8 Å². The highest BCUT2D eigenvalue weighted by Crippen LogP contribution is 2.11. The molecule has 1 aliphatic heterocycles. The monoisotopic (exact) mass is 230 g/mol. The van der Waals surface area contributed by atoms with Crippen molar-refractivity contribution in [2.45, 2.75) is 31.3 Å². The number of carbonyl (C=O) groups excluding carboxylic acids is 1.